The molecule has 0 saturated carbocycles. The van der Waals surface area contributed by atoms with Crippen molar-refractivity contribution in [2.45, 2.75) is 37.8 Å². The van der Waals surface area contributed by atoms with Gasteiger partial charge >= 0.3 is 0 Å². The number of primary amides is 1. The highest BCUT2D eigenvalue weighted by Crippen LogP contribution is 2.23. The van der Waals surface area contributed by atoms with E-state index in [-0.39, 0.29) is 11.9 Å². The molecule has 4 N–H and O–H groups in total. The molecule has 1 fully saturated rings. The Labute approximate surface area is 118 Å². The van der Waals surface area contributed by atoms with Gasteiger partial charge in [0.05, 0.1) is 12.1 Å². The molecule has 1 heterocycles. The molecule has 1 aromatic carbocycles. The van der Waals surface area contributed by atoms with Crippen LogP contribution in [0, 0.1) is 0 Å². The maximum absolute atomic E-state index is 12.0. The molecule has 0 unspecified atom stereocenters. The topological polar surface area (TPSA) is 84.2 Å². The van der Waals surface area contributed by atoms with E-state index < -0.39 is 11.9 Å². The highest BCUT2D eigenvalue weighted by Gasteiger charge is 2.27. The van der Waals surface area contributed by atoms with E-state index in [1.807, 2.05) is 18.2 Å². The lowest BCUT2D eigenvalue weighted by atomic mass is 9.94. The molecule has 0 bridgehead atoms. The predicted octanol–water partition coefficient (Wildman–Crippen LogP) is 0.512. The summed E-state index contributed by atoms with van der Waals surface area (Å²) < 4.78 is 0. The Hall–Kier alpha value is -1.88. The van der Waals surface area contributed by atoms with Crippen LogP contribution in [0.2, 0.25) is 0 Å². The number of carbonyl (C=O) groups excluding carboxylic acids is 2. The van der Waals surface area contributed by atoms with Gasteiger partial charge in [0, 0.05) is 12.5 Å². The van der Waals surface area contributed by atoms with Crippen LogP contribution >= 0.6 is 0 Å². The molecule has 5 nitrogen and oxygen atoms in total. The maximum atomic E-state index is 12.0. The molecule has 3 atom stereocenters. The fraction of sp³-hybridized carbons (Fsp3) is 0.467. The fourth-order valence-electron chi connectivity index (χ4n) is 2.50. The van der Waals surface area contributed by atoms with Crippen LogP contribution in [-0.4, -0.2) is 30.4 Å². The smallest absolute Gasteiger partial charge is 0.237 e. The normalized spacial score (nSPS) is 24.6. The summed E-state index contributed by atoms with van der Waals surface area (Å²) in [6, 6.07) is 9.30. The SMILES string of the molecule is C[C@H](N[C@H]1CC[C@H](c2ccccc2)CNC1=O)C(N)=O. The highest BCUT2D eigenvalue weighted by atomic mass is 16.2. The van der Waals surface area contributed by atoms with Gasteiger partial charge in [-0.25, -0.2) is 0 Å². The summed E-state index contributed by atoms with van der Waals surface area (Å²) in [4.78, 5) is 23.1. The average Bonchev–Trinajstić information content (AvgIpc) is 2.63. The molecule has 1 aliphatic heterocycles. The van der Waals surface area contributed by atoms with Gasteiger partial charge < -0.3 is 11.1 Å². The molecule has 5 heteroatoms. The van der Waals surface area contributed by atoms with Crippen molar-refractivity contribution < 1.29 is 9.59 Å². The third-order valence-corrected chi connectivity index (χ3v) is 3.79. The predicted molar refractivity (Wildman–Crippen MR) is 77.0 cm³/mol. The molecule has 0 spiro atoms. The molecular weight excluding hydrogens is 254 g/mol. The summed E-state index contributed by atoms with van der Waals surface area (Å²) >= 11 is 0. The van der Waals surface area contributed by atoms with Crippen molar-refractivity contribution in [3.05, 3.63) is 35.9 Å². The van der Waals surface area contributed by atoms with Gasteiger partial charge in [-0.15, -0.1) is 0 Å². The first-order chi connectivity index (χ1) is 9.58. The summed E-state index contributed by atoms with van der Waals surface area (Å²) in [5, 5.41) is 5.93. The third-order valence-electron chi connectivity index (χ3n) is 3.79. The van der Waals surface area contributed by atoms with E-state index in [9.17, 15) is 9.59 Å². The van der Waals surface area contributed by atoms with Crippen LogP contribution in [-0.2, 0) is 9.59 Å². The zero-order valence-corrected chi connectivity index (χ0v) is 11.6. The van der Waals surface area contributed by atoms with Crippen LogP contribution in [0.15, 0.2) is 30.3 Å². The van der Waals surface area contributed by atoms with Crippen molar-refractivity contribution in [3.63, 3.8) is 0 Å². The quantitative estimate of drug-likeness (QED) is 0.748. The monoisotopic (exact) mass is 275 g/mol. The van der Waals surface area contributed by atoms with Crippen molar-refractivity contribution in [1.82, 2.24) is 10.6 Å². The lowest BCUT2D eigenvalue weighted by Gasteiger charge is -2.18. The molecule has 0 radical (unpaired) electrons. The van der Waals surface area contributed by atoms with Gasteiger partial charge in [-0.05, 0) is 25.3 Å². The summed E-state index contributed by atoms with van der Waals surface area (Å²) in [6.45, 7) is 2.31. The molecule has 1 aromatic rings. The Balaban J connectivity index is 2.00. The number of carbonyl (C=O) groups is 2. The number of hydrogen-bond donors (Lipinski definition) is 3. The minimum atomic E-state index is -0.501. The van der Waals surface area contributed by atoms with E-state index in [1.54, 1.807) is 6.92 Å². The van der Waals surface area contributed by atoms with Crippen molar-refractivity contribution in [2.24, 2.45) is 5.73 Å². The fourth-order valence-corrected chi connectivity index (χ4v) is 2.50. The molecule has 20 heavy (non-hydrogen) atoms. The lowest BCUT2D eigenvalue weighted by Crippen LogP contribution is -2.50. The molecule has 2 amide bonds. The van der Waals surface area contributed by atoms with E-state index >= 15 is 0 Å². The van der Waals surface area contributed by atoms with Crippen molar-refractivity contribution in [1.29, 1.82) is 0 Å². The van der Waals surface area contributed by atoms with E-state index in [4.69, 9.17) is 5.73 Å². The molecule has 0 aromatic heterocycles. The van der Waals surface area contributed by atoms with Gasteiger partial charge in [-0.3, -0.25) is 14.9 Å². The van der Waals surface area contributed by atoms with Crippen LogP contribution in [0.1, 0.15) is 31.2 Å². The first-order valence-electron chi connectivity index (χ1n) is 6.96. The van der Waals surface area contributed by atoms with Gasteiger partial charge in [0.25, 0.3) is 0 Å². The zero-order chi connectivity index (χ0) is 14.5. The Morgan fingerprint density at radius 2 is 2.05 bits per heavy atom. The van der Waals surface area contributed by atoms with Gasteiger partial charge in [-0.1, -0.05) is 30.3 Å². The second kappa shape index (κ2) is 6.52. The van der Waals surface area contributed by atoms with Gasteiger partial charge in [0.15, 0.2) is 0 Å². The number of hydrogen-bond acceptors (Lipinski definition) is 3. The number of amides is 2. The second-order valence-electron chi connectivity index (χ2n) is 5.27. The van der Waals surface area contributed by atoms with Gasteiger partial charge in [0.2, 0.25) is 11.8 Å². The first-order valence-corrected chi connectivity index (χ1v) is 6.96. The molecule has 1 saturated heterocycles. The van der Waals surface area contributed by atoms with E-state index in [0.717, 1.165) is 6.42 Å². The van der Waals surface area contributed by atoms with Crippen LogP contribution in [0.4, 0.5) is 0 Å². The minimum Gasteiger partial charge on any atom is -0.368 e. The molecular formula is C15H21N3O2. The third kappa shape index (κ3) is 3.57. The average molecular weight is 275 g/mol. The lowest BCUT2D eigenvalue weighted by molar-refractivity contribution is -0.124. The summed E-state index contributed by atoms with van der Waals surface area (Å²) in [5.74, 6) is -0.186. The zero-order valence-electron chi connectivity index (χ0n) is 11.6. The highest BCUT2D eigenvalue weighted by molar-refractivity contribution is 5.84. The minimum absolute atomic E-state index is 0.0588. The van der Waals surface area contributed by atoms with Crippen LogP contribution in [0.3, 0.4) is 0 Å². The number of benzene rings is 1. The standard InChI is InChI=1S/C15H21N3O2/c1-10(14(16)19)18-13-8-7-12(9-17-15(13)20)11-5-3-2-4-6-11/h2-6,10,12-13,18H,7-9H2,1H3,(H2,16,19)(H,17,20)/t10-,12-,13-/m0/s1. The van der Waals surface area contributed by atoms with Crippen LogP contribution in [0.5, 0.6) is 0 Å². The van der Waals surface area contributed by atoms with Crippen molar-refractivity contribution in [2.75, 3.05) is 6.54 Å². The Morgan fingerprint density at radius 1 is 1.35 bits per heavy atom. The van der Waals surface area contributed by atoms with Crippen LogP contribution in [0.25, 0.3) is 0 Å². The maximum Gasteiger partial charge on any atom is 0.237 e. The molecule has 2 rings (SSSR count). The Kier molecular flexibility index (Phi) is 4.74. The van der Waals surface area contributed by atoms with Crippen LogP contribution < -0.4 is 16.4 Å². The summed E-state index contributed by atoms with van der Waals surface area (Å²) in [6.07, 6.45) is 1.59. The molecule has 108 valence electrons. The second-order valence-corrected chi connectivity index (χ2v) is 5.27. The van der Waals surface area contributed by atoms with Gasteiger partial charge in [0.1, 0.15) is 0 Å². The van der Waals surface area contributed by atoms with E-state index in [2.05, 4.69) is 22.8 Å². The largest absolute Gasteiger partial charge is 0.368 e. The van der Waals surface area contributed by atoms with Gasteiger partial charge in [-0.2, -0.15) is 0 Å². The van der Waals surface area contributed by atoms with Crippen molar-refractivity contribution >= 4 is 11.8 Å². The van der Waals surface area contributed by atoms with Crippen molar-refractivity contribution in [3.8, 4) is 0 Å². The van der Waals surface area contributed by atoms with E-state index in [1.165, 1.54) is 5.56 Å². The molecule has 1 aliphatic rings. The summed E-state index contributed by atoms with van der Waals surface area (Å²) in [7, 11) is 0. The molecule has 0 aliphatic carbocycles. The summed E-state index contributed by atoms with van der Waals surface area (Å²) in [5.41, 5.74) is 6.46. The number of nitrogens with two attached hydrogens (primary N) is 1. The number of rotatable bonds is 4. The van der Waals surface area contributed by atoms with E-state index in [0.29, 0.717) is 18.9 Å². The Morgan fingerprint density at radius 3 is 2.70 bits per heavy atom. The number of nitrogens with one attached hydrogen (secondary N) is 2. The Bertz CT molecular complexity index is 475. The first kappa shape index (κ1) is 14.5.